The molecule has 0 atom stereocenters. The normalized spacial score (nSPS) is 10.3. The summed E-state index contributed by atoms with van der Waals surface area (Å²) >= 11 is 0. The second kappa shape index (κ2) is 5.08. The number of nitrogens with zero attached hydrogens (tertiary/aromatic N) is 2. The number of carbonyl (C=O) groups excluding carboxylic acids is 1. The van der Waals surface area contributed by atoms with Crippen molar-refractivity contribution in [1.82, 2.24) is 4.98 Å². The molecule has 0 fully saturated rings. The van der Waals surface area contributed by atoms with Gasteiger partial charge in [-0.3, -0.25) is 4.79 Å². The first kappa shape index (κ1) is 13.7. The number of oxazole rings is 1. The van der Waals surface area contributed by atoms with Gasteiger partial charge in [0.2, 0.25) is 5.89 Å². The van der Waals surface area contributed by atoms with E-state index in [2.05, 4.69) is 9.98 Å². The van der Waals surface area contributed by atoms with Crippen LogP contribution in [0.2, 0.25) is 0 Å². The lowest BCUT2D eigenvalue weighted by Crippen LogP contribution is -2.24. The summed E-state index contributed by atoms with van der Waals surface area (Å²) in [7, 11) is 0. The number of halogens is 2. The second-order valence-electron chi connectivity index (χ2n) is 3.87. The van der Waals surface area contributed by atoms with Gasteiger partial charge in [-0.05, 0) is 19.1 Å². The molecule has 8 heteroatoms. The maximum absolute atomic E-state index is 13.6. The molecule has 0 saturated carbocycles. The lowest BCUT2D eigenvalue weighted by atomic mass is 10.2. The van der Waals surface area contributed by atoms with Crippen molar-refractivity contribution in [3.05, 3.63) is 41.3 Å². The molecule has 0 aliphatic heterocycles. The van der Waals surface area contributed by atoms with E-state index in [4.69, 9.17) is 15.9 Å². The number of amides is 1. The third-order valence-electron chi connectivity index (χ3n) is 2.41. The van der Waals surface area contributed by atoms with Crippen LogP contribution in [0.5, 0.6) is 0 Å². The molecule has 0 saturated heterocycles. The molecule has 0 radical (unpaired) electrons. The molecule has 20 heavy (non-hydrogen) atoms. The number of benzene rings is 1. The summed E-state index contributed by atoms with van der Waals surface area (Å²) in [5.74, 6) is -3.55. The standard InChI is InChI=1S/C12H10F2N4O2/c1-5-9(10(19)18-12(15)16)17-11(20-5)6-3-2-4-7(13)8(6)14/h2-4H,1H3,(H4,15,16,18,19). The average Bonchev–Trinajstić information content (AvgIpc) is 2.74. The maximum Gasteiger partial charge on any atom is 0.302 e. The Balaban J connectivity index is 2.49. The second-order valence-corrected chi connectivity index (χ2v) is 3.87. The Morgan fingerprint density at radius 1 is 1.35 bits per heavy atom. The van der Waals surface area contributed by atoms with Crippen molar-refractivity contribution in [3.63, 3.8) is 0 Å². The number of carbonyl (C=O) groups is 1. The fourth-order valence-corrected chi connectivity index (χ4v) is 1.55. The molecule has 2 rings (SSSR count). The SMILES string of the molecule is Cc1oc(-c2cccc(F)c2F)nc1C(=O)N=C(N)N. The number of nitrogens with two attached hydrogens (primary N) is 2. The average molecular weight is 280 g/mol. The molecule has 6 nitrogen and oxygen atoms in total. The predicted octanol–water partition coefficient (Wildman–Crippen LogP) is 1.34. The van der Waals surface area contributed by atoms with Crippen molar-refractivity contribution in [2.75, 3.05) is 0 Å². The molecule has 0 aliphatic carbocycles. The summed E-state index contributed by atoms with van der Waals surface area (Å²) < 4.78 is 31.9. The molecule has 0 aliphatic rings. The quantitative estimate of drug-likeness (QED) is 0.637. The summed E-state index contributed by atoms with van der Waals surface area (Å²) in [5.41, 5.74) is 9.80. The minimum absolute atomic E-state index is 0.0960. The molecule has 1 amide bonds. The van der Waals surface area contributed by atoms with Gasteiger partial charge in [-0.25, -0.2) is 13.8 Å². The number of rotatable bonds is 2. The highest BCUT2D eigenvalue weighted by molar-refractivity contribution is 6.01. The highest BCUT2D eigenvalue weighted by Crippen LogP contribution is 2.26. The van der Waals surface area contributed by atoms with Crippen LogP contribution in [-0.2, 0) is 0 Å². The Bertz CT molecular complexity index is 705. The molecular formula is C12H10F2N4O2. The van der Waals surface area contributed by atoms with Crippen LogP contribution in [0, 0.1) is 18.6 Å². The van der Waals surface area contributed by atoms with Crippen LogP contribution in [0.3, 0.4) is 0 Å². The van der Waals surface area contributed by atoms with Gasteiger partial charge in [-0.15, -0.1) is 0 Å². The van der Waals surface area contributed by atoms with Gasteiger partial charge in [-0.1, -0.05) is 6.07 Å². The third kappa shape index (κ3) is 2.48. The van der Waals surface area contributed by atoms with Crippen molar-refractivity contribution in [3.8, 4) is 11.5 Å². The number of hydrogen-bond acceptors (Lipinski definition) is 3. The molecule has 0 unspecified atom stereocenters. The van der Waals surface area contributed by atoms with E-state index in [1.807, 2.05) is 0 Å². The van der Waals surface area contributed by atoms with Crippen LogP contribution in [0.15, 0.2) is 27.6 Å². The lowest BCUT2D eigenvalue weighted by molar-refractivity contribution is 0.0997. The lowest BCUT2D eigenvalue weighted by Gasteiger charge is -1.98. The van der Waals surface area contributed by atoms with Gasteiger partial charge in [0, 0.05) is 0 Å². The smallest absolute Gasteiger partial charge is 0.302 e. The number of aryl methyl sites for hydroxylation is 1. The molecule has 1 aromatic heterocycles. The fourth-order valence-electron chi connectivity index (χ4n) is 1.55. The minimum Gasteiger partial charge on any atom is -0.440 e. The summed E-state index contributed by atoms with van der Waals surface area (Å²) in [6.45, 7) is 1.43. The predicted molar refractivity (Wildman–Crippen MR) is 66.7 cm³/mol. The molecule has 4 N–H and O–H groups in total. The fraction of sp³-hybridized carbons (Fsp3) is 0.0833. The van der Waals surface area contributed by atoms with Crippen molar-refractivity contribution in [2.24, 2.45) is 16.5 Å². The molecule has 0 bridgehead atoms. The zero-order valence-corrected chi connectivity index (χ0v) is 10.4. The van der Waals surface area contributed by atoms with Crippen LogP contribution in [0.25, 0.3) is 11.5 Å². The maximum atomic E-state index is 13.6. The van der Waals surface area contributed by atoms with E-state index >= 15 is 0 Å². The Morgan fingerprint density at radius 3 is 2.70 bits per heavy atom. The monoisotopic (exact) mass is 280 g/mol. The molecule has 1 aromatic carbocycles. The Labute approximate surface area is 112 Å². The first-order valence-corrected chi connectivity index (χ1v) is 5.46. The number of aromatic nitrogens is 1. The first-order valence-electron chi connectivity index (χ1n) is 5.46. The van der Waals surface area contributed by atoms with Crippen molar-refractivity contribution in [1.29, 1.82) is 0 Å². The zero-order chi connectivity index (χ0) is 14.9. The van der Waals surface area contributed by atoms with Crippen LogP contribution in [0.4, 0.5) is 8.78 Å². The Hall–Kier alpha value is -2.77. The van der Waals surface area contributed by atoms with Gasteiger partial charge in [0.25, 0.3) is 0 Å². The van der Waals surface area contributed by atoms with E-state index in [-0.39, 0.29) is 22.9 Å². The molecule has 2 aromatic rings. The van der Waals surface area contributed by atoms with Gasteiger partial charge in [-0.2, -0.15) is 4.99 Å². The van der Waals surface area contributed by atoms with Crippen molar-refractivity contribution in [2.45, 2.75) is 6.92 Å². The topological polar surface area (TPSA) is 108 Å². The minimum atomic E-state index is -1.12. The van der Waals surface area contributed by atoms with Crippen molar-refractivity contribution < 1.29 is 18.0 Å². The molecular weight excluding hydrogens is 270 g/mol. The Morgan fingerprint density at radius 2 is 2.05 bits per heavy atom. The van der Waals surface area contributed by atoms with Gasteiger partial charge in [0.1, 0.15) is 5.76 Å². The van der Waals surface area contributed by atoms with E-state index in [0.717, 1.165) is 6.07 Å². The third-order valence-corrected chi connectivity index (χ3v) is 2.41. The van der Waals surface area contributed by atoms with Crippen LogP contribution in [-0.4, -0.2) is 16.9 Å². The number of hydrogen-bond donors (Lipinski definition) is 2. The van der Waals surface area contributed by atoms with Crippen LogP contribution < -0.4 is 11.5 Å². The zero-order valence-electron chi connectivity index (χ0n) is 10.4. The summed E-state index contributed by atoms with van der Waals surface area (Å²) in [6, 6.07) is 3.53. The van der Waals surface area contributed by atoms with E-state index in [9.17, 15) is 13.6 Å². The number of guanidine groups is 1. The van der Waals surface area contributed by atoms with E-state index < -0.39 is 23.5 Å². The number of aliphatic imine (C=N–C) groups is 1. The highest BCUT2D eigenvalue weighted by Gasteiger charge is 2.20. The van der Waals surface area contributed by atoms with E-state index in [1.165, 1.54) is 19.1 Å². The van der Waals surface area contributed by atoms with Crippen LogP contribution in [0.1, 0.15) is 16.2 Å². The van der Waals surface area contributed by atoms with Gasteiger partial charge >= 0.3 is 5.91 Å². The molecule has 1 heterocycles. The van der Waals surface area contributed by atoms with Crippen LogP contribution >= 0.6 is 0 Å². The highest BCUT2D eigenvalue weighted by atomic mass is 19.2. The van der Waals surface area contributed by atoms with Gasteiger partial charge in [0.05, 0.1) is 5.56 Å². The van der Waals surface area contributed by atoms with Gasteiger partial charge in [0.15, 0.2) is 23.3 Å². The van der Waals surface area contributed by atoms with Gasteiger partial charge < -0.3 is 15.9 Å². The van der Waals surface area contributed by atoms with E-state index in [1.54, 1.807) is 0 Å². The van der Waals surface area contributed by atoms with Crippen molar-refractivity contribution >= 4 is 11.9 Å². The molecule has 104 valence electrons. The summed E-state index contributed by atoms with van der Waals surface area (Å²) in [4.78, 5) is 18.7. The largest absolute Gasteiger partial charge is 0.440 e. The molecule has 0 spiro atoms. The first-order chi connectivity index (χ1) is 9.40. The summed E-state index contributed by atoms with van der Waals surface area (Å²) in [6.07, 6.45) is 0. The summed E-state index contributed by atoms with van der Waals surface area (Å²) in [5, 5.41) is 0. The Kier molecular flexibility index (Phi) is 3.47. The van der Waals surface area contributed by atoms with E-state index in [0.29, 0.717) is 0 Å².